The zero-order chi connectivity index (χ0) is 11.1. The SMILES string of the molecule is Cc1cccc(C)c1C1CC1(CN)CO. The third-order valence-electron chi connectivity index (χ3n) is 3.80. The van der Waals surface area contributed by atoms with Gasteiger partial charge in [-0.25, -0.2) is 0 Å². The third-order valence-corrected chi connectivity index (χ3v) is 3.80. The minimum Gasteiger partial charge on any atom is -0.396 e. The molecular formula is C13H19NO. The van der Waals surface area contributed by atoms with Crippen molar-refractivity contribution in [3.63, 3.8) is 0 Å². The van der Waals surface area contributed by atoms with Gasteiger partial charge in [0.15, 0.2) is 0 Å². The van der Waals surface area contributed by atoms with E-state index in [9.17, 15) is 5.11 Å². The normalized spacial score (nSPS) is 29.2. The zero-order valence-electron chi connectivity index (χ0n) is 9.46. The highest BCUT2D eigenvalue weighted by Crippen LogP contribution is 2.59. The van der Waals surface area contributed by atoms with Crippen LogP contribution in [0.3, 0.4) is 0 Å². The molecule has 1 saturated carbocycles. The number of rotatable bonds is 3. The Kier molecular flexibility index (Phi) is 2.57. The predicted molar refractivity (Wildman–Crippen MR) is 61.8 cm³/mol. The second-order valence-electron chi connectivity index (χ2n) is 4.79. The fraction of sp³-hybridized carbons (Fsp3) is 0.538. The molecule has 0 heterocycles. The molecule has 0 bridgehead atoms. The first-order chi connectivity index (χ1) is 7.14. The van der Waals surface area contributed by atoms with Gasteiger partial charge in [-0.15, -0.1) is 0 Å². The molecule has 0 radical (unpaired) electrons. The van der Waals surface area contributed by atoms with Crippen LogP contribution in [-0.4, -0.2) is 18.3 Å². The molecule has 1 aromatic carbocycles. The third kappa shape index (κ3) is 1.58. The Hall–Kier alpha value is -0.860. The van der Waals surface area contributed by atoms with E-state index < -0.39 is 0 Å². The average molecular weight is 205 g/mol. The molecule has 0 amide bonds. The largest absolute Gasteiger partial charge is 0.396 e. The molecule has 1 aromatic rings. The van der Waals surface area contributed by atoms with Crippen LogP contribution in [0.1, 0.15) is 29.0 Å². The minimum absolute atomic E-state index is 0.0309. The quantitative estimate of drug-likeness (QED) is 0.789. The molecular weight excluding hydrogens is 186 g/mol. The Balaban J connectivity index is 2.34. The summed E-state index contributed by atoms with van der Waals surface area (Å²) in [5, 5.41) is 9.39. The molecule has 2 atom stereocenters. The molecule has 3 N–H and O–H groups in total. The van der Waals surface area contributed by atoms with E-state index in [0.29, 0.717) is 12.5 Å². The number of aliphatic hydroxyl groups is 1. The number of hydrogen-bond donors (Lipinski definition) is 2. The van der Waals surface area contributed by atoms with E-state index >= 15 is 0 Å². The van der Waals surface area contributed by atoms with Crippen molar-refractivity contribution >= 4 is 0 Å². The maximum Gasteiger partial charge on any atom is 0.0505 e. The lowest BCUT2D eigenvalue weighted by Gasteiger charge is -2.14. The summed E-state index contributed by atoms with van der Waals surface area (Å²) in [4.78, 5) is 0. The number of nitrogens with two attached hydrogens (primary N) is 1. The van der Waals surface area contributed by atoms with Gasteiger partial charge >= 0.3 is 0 Å². The summed E-state index contributed by atoms with van der Waals surface area (Å²) >= 11 is 0. The van der Waals surface area contributed by atoms with Crippen molar-refractivity contribution in [3.8, 4) is 0 Å². The Bertz CT molecular complexity index is 349. The maximum absolute atomic E-state index is 9.39. The standard InChI is InChI=1S/C13H19NO/c1-9-4-3-5-10(2)12(9)11-6-13(11,7-14)8-15/h3-5,11,15H,6-8,14H2,1-2H3. The highest BCUT2D eigenvalue weighted by Gasteiger charge is 2.54. The summed E-state index contributed by atoms with van der Waals surface area (Å²) in [6, 6.07) is 6.36. The molecule has 1 aliphatic rings. The fourth-order valence-electron chi connectivity index (χ4n) is 2.60. The fourth-order valence-corrected chi connectivity index (χ4v) is 2.60. The first-order valence-electron chi connectivity index (χ1n) is 5.51. The second-order valence-corrected chi connectivity index (χ2v) is 4.79. The lowest BCUT2D eigenvalue weighted by atomic mass is 9.93. The lowest BCUT2D eigenvalue weighted by Crippen LogP contribution is -2.21. The van der Waals surface area contributed by atoms with Crippen LogP contribution in [0.15, 0.2) is 18.2 Å². The van der Waals surface area contributed by atoms with E-state index in [1.54, 1.807) is 0 Å². The van der Waals surface area contributed by atoms with Gasteiger partial charge in [-0.05, 0) is 42.9 Å². The van der Waals surface area contributed by atoms with Crippen molar-refractivity contribution in [1.82, 2.24) is 0 Å². The first-order valence-corrected chi connectivity index (χ1v) is 5.51. The molecule has 2 heteroatoms. The Morgan fingerprint density at radius 2 is 2.00 bits per heavy atom. The van der Waals surface area contributed by atoms with E-state index in [2.05, 4.69) is 32.0 Å². The highest BCUT2D eigenvalue weighted by atomic mass is 16.3. The van der Waals surface area contributed by atoms with Crippen molar-refractivity contribution < 1.29 is 5.11 Å². The van der Waals surface area contributed by atoms with E-state index in [4.69, 9.17) is 5.73 Å². The van der Waals surface area contributed by atoms with E-state index in [1.807, 2.05) is 0 Å². The molecule has 1 fully saturated rings. The first kappa shape index (κ1) is 10.7. The minimum atomic E-state index is -0.0309. The van der Waals surface area contributed by atoms with Gasteiger partial charge in [0.25, 0.3) is 0 Å². The smallest absolute Gasteiger partial charge is 0.0505 e. The van der Waals surface area contributed by atoms with Crippen LogP contribution in [0.2, 0.25) is 0 Å². The van der Waals surface area contributed by atoms with Crippen molar-refractivity contribution in [2.75, 3.05) is 13.2 Å². The van der Waals surface area contributed by atoms with Crippen molar-refractivity contribution in [1.29, 1.82) is 0 Å². The number of benzene rings is 1. The van der Waals surface area contributed by atoms with Gasteiger partial charge in [-0.3, -0.25) is 0 Å². The van der Waals surface area contributed by atoms with Crippen LogP contribution in [0, 0.1) is 19.3 Å². The molecule has 15 heavy (non-hydrogen) atoms. The van der Waals surface area contributed by atoms with Gasteiger partial charge in [0.1, 0.15) is 0 Å². The number of aryl methyl sites for hydroxylation is 2. The van der Waals surface area contributed by atoms with Crippen LogP contribution in [0.5, 0.6) is 0 Å². The van der Waals surface area contributed by atoms with Gasteiger partial charge in [0.2, 0.25) is 0 Å². The summed E-state index contributed by atoms with van der Waals surface area (Å²) < 4.78 is 0. The van der Waals surface area contributed by atoms with Crippen molar-refractivity contribution in [3.05, 3.63) is 34.9 Å². The van der Waals surface area contributed by atoms with E-state index in [0.717, 1.165) is 6.42 Å². The molecule has 2 rings (SSSR count). The summed E-state index contributed by atoms with van der Waals surface area (Å²) in [5.41, 5.74) is 9.76. The van der Waals surface area contributed by atoms with Crippen LogP contribution in [-0.2, 0) is 0 Å². The topological polar surface area (TPSA) is 46.2 Å². The van der Waals surface area contributed by atoms with Crippen molar-refractivity contribution in [2.45, 2.75) is 26.2 Å². The molecule has 0 aliphatic heterocycles. The monoisotopic (exact) mass is 205 g/mol. The molecule has 0 saturated heterocycles. The van der Waals surface area contributed by atoms with Crippen LogP contribution >= 0.6 is 0 Å². The van der Waals surface area contributed by atoms with Gasteiger partial charge < -0.3 is 10.8 Å². The zero-order valence-corrected chi connectivity index (χ0v) is 9.46. The van der Waals surface area contributed by atoms with Gasteiger partial charge in [0.05, 0.1) is 6.61 Å². The molecule has 0 aromatic heterocycles. The average Bonchev–Trinajstić information content (AvgIpc) is 2.93. The predicted octanol–water partition coefficient (Wildman–Crippen LogP) is 1.73. The van der Waals surface area contributed by atoms with Crippen molar-refractivity contribution in [2.24, 2.45) is 11.1 Å². The Morgan fingerprint density at radius 3 is 2.40 bits per heavy atom. The summed E-state index contributed by atoms with van der Waals surface area (Å²) in [5.74, 6) is 0.466. The van der Waals surface area contributed by atoms with E-state index in [1.165, 1.54) is 16.7 Å². The molecule has 0 spiro atoms. The molecule has 2 unspecified atom stereocenters. The summed E-state index contributed by atoms with van der Waals surface area (Å²) in [6.07, 6.45) is 1.03. The summed E-state index contributed by atoms with van der Waals surface area (Å²) in [7, 11) is 0. The van der Waals surface area contributed by atoms with Crippen LogP contribution in [0.4, 0.5) is 0 Å². The summed E-state index contributed by atoms with van der Waals surface area (Å²) in [6.45, 7) is 5.07. The van der Waals surface area contributed by atoms with Crippen LogP contribution in [0.25, 0.3) is 0 Å². The molecule has 82 valence electrons. The highest BCUT2D eigenvalue weighted by molar-refractivity contribution is 5.42. The van der Waals surface area contributed by atoms with Gasteiger partial charge in [-0.2, -0.15) is 0 Å². The van der Waals surface area contributed by atoms with Gasteiger partial charge in [0, 0.05) is 12.0 Å². The van der Waals surface area contributed by atoms with Crippen LogP contribution < -0.4 is 5.73 Å². The maximum atomic E-state index is 9.39. The molecule has 2 nitrogen and oxygen atoms in total. The van der Waals surface area contributed by atoms with E-state index in [-0.39, 0.29) is 12.0 Å². The van der Waals surface area contributed by atoms with Gasteiger partial charge in [-0.1, -0.05) is 18.2 Å². The number of aliphatic hydroxyl groups excluding tert-OH is 1. The molecule has 1 aliphatic carbocycles. The Labute approximate surface area is 91.1 Å². The number of hydrogen-bond acceptors (Lipinski definition) is 2. The Morgan fingerprint density at radius 1 is 1.40 bits per heavy atom. The lowest BCUT2D eigenvalue weighted by molar-refractivity contribution is 0.211. The second kappa shape index (κ2) is 3.62.